The van der Waals surface area contributed by atoms with Gasteiger partial charge in [0.2, 0.25) is 0 Å². The van der Waals surface area contributed by atoms with Crippen molar-refractivity contribution in [3.8, 4) is 0 Å². The molecule has 1 aromatic rings. The Balaban J connectivity index is 2.90. The van der Waals surface area contributed by atoms with E-state index in [1.54, 1.807) is 37.3 Å². The quantitative estimate of drug-likeness (QED) is 0.615. The van der Waals surface area contributed by atoms with Crippen LogP contribution in [0.3, 0.4) is 0 Å². The maximum absolute atomic E-state index is 11.7. The lowest BCUT2D eigenvalue weighted by atomic mass is 10.1. The first-order chi connectivity index (χ1) is 9.02. The minimum atomic E-state index is -0.501. The van der Waals surface area contributed by atoms with Crippen molar-refractivity contribution >= 4 is 29.6 Å². The Bertz CT molecular complexity index is 477. The van der Waals surface area contributed by atoms with E-state index in [2.05, 4.69) is 0 Å². The zero-order chi connectivity index (χ0) is 14.3. The van der Waals surface area contributed by atoms with E-state index in [4.69, 9.17) is 21.1 Å². The van der Waals surface area contributed by atoms with Crippen molar-refractivity contribution < 1.29 is 19.1 Å². The van der Waals surface area contributed by atoms with Crippen LogP contribution in [-0.2, 0) is 19.1 Å². The molecule has 0 aromatic heterocycles. The van der Waals surface area contributed by atoms with Crippen LogP contribution in [0.4, 0.5) is 0 Å². The van der Waals surface area contributed by atoms with Gasteiger partial charge in [0.15, 0.2) is 0 Å². The minimum absolute atomic E-state index is 0.114. The van der Waals surface area contributed by atoms with Gasteiger partial charge in [-0.1, -0.05) is 23.7 Å². The van der Waals surface area contributed by atoms with E-state index >= 15 is 0 Å². The van der Waals surface area contributed by atoms with Gasteiger partial charge in [-0.3, -0.25) is 4.79 Å². The van der Waals surface area contributed by atoms with Crippen LogP contribution in [0.15, 0.2) is 29.8 Å². The number of rotatable bonds is 5. The van der Waals surface area contributed by atoms with E-state index in [0.29, 0.717) is 5.02 Å². The van der Waals surface area contributed by atoms with Gasteiger partial charge in [0.05, 0.1) is 12.2 Å². The predicted molar refractivity (Wildman–Crippen MR) is 72.7 cm³/mol. The molecule has 0 N–H and O–H groups in total. The number of halogens is 1. The SMILES string of the molecule is CCOC(=O)/C(=C/c1ccc(Cl)cc1)COC(C)=O. The number of benzene rings is 1. The summed E-state index contributed by atoms with van der Waals surface area (Å²) in [7, 11) is 0. The molecule has 0 aliphatic carbocycles. The largest absolute Gasteiger partial charge is 0.463 e. The highest BCUT2D eigenvalue weighted by molar-refractivity contribution is 6.30. The molecular weight excluding hydrogens is 268 g/mol. The third-order valence-electron chi connectivity index (χ3n) is 2.18. The molecule has 0 aliphatic heterocycles. The summed E-state index contributed by atoms with van der Waals surface area (Å²) in [5, 5.41) is 0.606. The molecule has 0 fully saturated rings. The topological polar surface area (TPSA) is 52.6 Å². The average Bonchev–Trinajstić information content (AvgIpc) is 2.36. The standard InChI is InChI=1S/C14H15ClO4/c1-3-18-14(17)12(9-19-10(2)16)8-11-4-6-13(15)7-5-11/h4-8H,3,9H2,1-2H3/b12-8+. The van der Waals surface area contributed by atoms with Crippen LogP contribution in [-0.4, -0.2) is 25.2 Å². The molecule has 0 bridgehead atoms. The number of ether oxygens (including phenoxy) is 2. The highest BCUT2D eigenvalue weighted by Crippen LogP contribution is 2.13. The van der Waals surface area contributed by atoms with E-state index < -0.39 is 11.9 Å². The van der Waals surface area contributed by atoms with Crippen LogP contribution in [0.2, 0.25) is 5.02 Å². The summed E-state index contributed by atoms with van der Waals surface area (Å²) in [4.78, 5) is 22.5. The van der Waals surface area contributed by atoms with Crippen LogP contribution in [0.25, 0.3) is 6.08 Å². The van der Waals surface area contributed by atoms with E-state index in [0.717, 1.165) is 5.56 Å². The van der Waals surface area contributed by atoms with Crippen LogP contribution in [0.5, 0.6) is 0 Å². The maximum atomic E-state index is 11.7. The first kappa shape index (κ1) is 15.2. The molecule has 0 saturated carbocycles. The van der Waals surface area contributed by atoms with Crippen LogP contribution in [0.1, 0.15) is 19.4 Å². The molecule has 5 heteroatoms. The van der Waals surface area contributed by atoms with E-state index in [-0.39, 0.29) is 18.8 Å². The lowest BCUT2D eigenvalue weighted by Crippen LogP contribution is -2.14. The second-order valence-electron chi connectivity index (χ2n) is 3.72. The highest BCUT2D eigenvalue weighted by atomic mass is 35.5. The number of carbonyl (C=O) groups is 2. The molecule has 0 amide bonds. The lowest BCUT2D eigenvalue weighted by molar-refractivity contribution is -0.142. The molecule has 0 atom stereocenters. The summed E-state index contributed by atoms with van der Waals surface area (Å²) in [6.07, 6.45) is 1.61. The van der Waals surface area contributed by atoms with Crippen molar-refractivity contribution in [2.45, 2.75) is 13.8 Å². The van der Waals surface area contributed by atoms with Gasteiger partial charge < -0.3 is 9.47 Å². The van der Waals surface area contributed by atoms with Gasteiger partial charge in [0, 0.05) is 11.9 Å². The Morgan fingerprint density at radius 3 is 2.37 bits per heavy atom. The molecule has 0 spiro atoms. The van der Waals surface area contributed by atoms with Crippen molar-refractivity contribution in [3.63, 3.8) is 0 Å². The average molecular weight is 283 g/mol. The van der Waals surface area contributed by atoms with Crippen molar-refractivity contribution in [2.75, 3.05) is 13.2 Å². The number of hydrogen-bond acceptors (Lipinski definition) is 4. The van der Waals surface area contributed by atoms with Crippen LogP contribution in [0, 0.1) is 0 Å². The number of hydrogen-bond donors (Lipinski definition) is 0. The van der Waals surface area contributed by atoms with Gasteiger partial charge in [-0.25, -0.2) is 4.79 Å². The van der Waals surface area contributed by atoms with Gasteiger partial charge in [-0.2, -0.15) is 0 Å². The second-order valence-corrected chi connectivity index (χ2v) is 4.16. The Hall–Kier alpha value is -1.81. The fourth-order valence-electron chi connectivity index (χ4n) is 1.32. The summed E-state index contributed by atoms with van der Waals surface area (Å²) in [6, 6.07) is 6.94. The van der Waals surface area contributed by atoms with Crippen molar-refractivity contribution in [1.29, 1.82) is 0 Å². The molecule has 102 valence electrons. The molecule has 0 aliphatic rings. The minimum Gasteiger partial charge on any atom is -0.463 e. The van der Waals surface area contributed by atoms with Gasteiger partial charge in [-0.05, 0) is 30.7 Å². The molecule has 4 nitrogen and oxygen atoms in total. The monoisotopic (exact) mass is 282 g/mol. The highest BCUT2D eigenvalue weighted by Gasteiger charge is 2.12. The summed E-state index contributed by atoms with van der Waals surface area (Å²) in [5.74, 6) is -0.954. The Morgan fingerprint density at radius 1 is 1.21 bits per heavy atom. The third kappa shape index (κ3) is 5.57. The fourth-order valence-corrected chi connectivity index (χ4v) is 1.45. The Labute approximate surface area is 117 Å². The molecule has 0 saturated heterocycles. The lowest BCUT2D eigenvalue weighted by Gasteiger charge is -2.07. The van der Waals surface area contributed by atoms with E-state index in [9.17, 15) is 9.59 Å². The molecule has 19 heavy (non-hydrogen) atoms. The van der Waals surface area contributed by atoms with Crippen LogP contribution >= 0.6 is 11.6 Å². The fraction of sp³-hybridized carbons (Fsp3) is 0.286. The molecule has 0 unspecified atom stereocenters. The third-order valence-corrected chi connectivity index (χ3v) is 2.43. The van der Waals surface area contributed by atoms with Gasteiger partial charge in [0.1, 0.15) is 6.61 Å². The summed E-state index contributed by atoms with van der Waals surface area (Å²) < 4.78 is 9.74. The van der Waals surface area contributed by atoms with Crippen molar-refractivity contribution in [1.82, 2.24) is 0 Å². The first-order valence-corrected chi connectivity index (χ1v) is 6.17. The Kier molecular flexibility index (Phi) is 6.09. The normalized spacial score (nSPS) is 11.0. The molecule has 1 aromatic carbocycles. The summed E-state index contributed by atoms with van der Waals surface area (Å²) in [6.45, 7) is 3.14. The number of carbonyl (C=O) groups excluding carboxylic acids is 2. The zero-order valence-corrected chi connectivity index (χ0v) is 11.6. The van der Waals surface area contributed by atoms with Crippen molar-refractivity contribution in [3.05, 3.63) is 40.4 Å². The Morgan fingerprint density at radius 2 is 1.84 bits per heavy atom. The second kappa shape index (κ2) is 7.59. The van der Waals surface area contributed by atoms with E-state index in [1.165, 1.54) is 6.92 Å². The molecular formula is C14H15ClO4. The van der Waals surface area contributed by atoms with Gasteiger partial charge >= 0.3 is 11.9 Å². The summed E-state index contributed by atoms with van der Waals surface area (Å²) in [5.41, 5.74) is 1.05. The zero-order valence-electron chi connectivity index (χ0n) is 10.8. The van der Waals surface area contributed by atoms with Gasteiger partial charge in [0.25, 0.3) is 0 Å². The first-order valence-electron chi connectivity index (χ1n) is 5.79. The van der Waals surface area contributed by atoms with Gasteiger partial charge in [-0.15, -0.1) is 0 Å². The van der Waals surface area contributed by atoms with Crippen LogP contribution < -0.4 is 0 Å². The predicted octanol–water partition coefficient (Wildman–Crippen LogP) is 2.85. The summed E-state index contributed by atoms with van der Waals surface area (Å²) >= 11 is 5.78. The molecule has 1 rings (SSSR count). The maximum Gasteiger partial charge on any atom is 0.337 e. The molecule has 0 heterocycles. The van der Waals surface area contributed by atoms with E-state index in [1.807, 2.05) is 0 Å². The van der Waals surface area contributed by atoms with Crippen molar-refractivity contribution in [2.24, 2.45) is 0 Å². The number of esters is 2. The smallest absolute Gasteiger partial charge is 0.337 e. The molecule has 0 radical (unpaired) electrons.